The summed E-state index contributed by atoms with van der Waals surface area (Å²) in [6.45, 7) is 6.06. The zero-order valence-corrected chi connectivity index (χ0v) is 16.2. The van der Waals surface area contributed by atoms with Crippen molar-refractivity contribution in [3.05, 3.63) is 12.2 Å². The van der Waals surface area contributed by atoms with E-state index in [2.05, 4.69) is 16.0 Å². The van der Waals surface area contributed by atoms with E-state index in [1.54, 1.807) is 26.8 Å². The Balaban J connectivity index is 2.03. The monoisotopic (exact) mass is 367 g/mol. The Morgan fingerprint density at radius 3 is 2.31 bits per heavy atom. The van der Waals surface area contributed by atoms with Crippen molar-refractivity contribution in [2.24, 2.45) is 5.92 Å². The van der Waals surface area contributed by atoms with Crippen molar-refractivity contribution in [1.29, 1.82) is 0 Å². The number of carbonyl (C=O) groups excluding carboxylic acids is 3. The number of rotatable bonds is 8. The number of alkyl carbamates (subject to hydrolysis) is 1. The summed E-state index contributed by atoms with van der Waals surface area (Å²) in [7, 11) is 0. The highest BCUT2D eigenvalue weighted by atomic mass is 16.6. The van der Waals surface area contributed by atoms with Gasteiger partial charge in [-0.15, -0.1) is 0 Å². The van der Waals surface area contributed by atoms with Gasteiger partial charge in [0, 0.05) is 13.1 Å². The Bertz CT molecular complexity index is 492. The summed E-state index contributed by atoms with van der Waals surface area (Å²) in [5.41, 5.74) is -0.593. The van der Waals surface area contributed by atoms with Gasteiger partial charge in [0.15, 0.2) is 0 Å². The van der Waals surface area contributed by atoms with Crippen molar-refractivity contribution >= 4 is 17.9 Å². The smallest absolute Gasteiger partial charge is 0.408 e. The Labute approximate surface area is 156 Å². The molecule has 0 aromatic heterocycles. The van der Waals surface area contributed by atoms with Gasteiger partial charge in [-0.1, -0.05) is 25.3 Å². The molecule has 3 amide bonds. The molecule has 0 atom stereocenters. The zero-order valence-electron chi connectivity index (χ0n) is 16.2. The maximum absolute atomic E-state index is 11.7. The van der Waals surface area contributed by atoms with E-state index in [1.165, 1.54) is 32.1 Å². The molecule has 26 heavy (non-hydrogen) atoms. The molecule has 0 spiro atoms. The molecule has 1 fully saturated rings. The van der Waals surface area contributed by atoms with Gasteiger partial charge in [0.25, 0.3) is 0 Å². The predicted molar refractivity (Wildman–Crippen MR) is 101 cm³/mol. The molecule has 1 rings (SSSR count). The molecule has 1 aliphatic rings. The van der Waals surface area contributed by atoms with Gasteiger partial charge in [-0.3, -0.25) is 9.59 Å². The molecule has 0 unspecified atom stereocenters. The van der Waals surface area contributed by atoms with Gasteiger partial charge in [0.05, 0.1) is 6.54 Å². The molecule has 0 saturated heterocycles. The molecule has 0 radical (unpaired) electrons. The average molecular weight is 367 g/mol. The topological polar surface area (TPSA) is 96.5 Å². The molecule has 0 aliphatic heterocycles. The van der Waals surface area contributed by atoms with Crippen molar-refractivity contribution in [3.63, 3.8) is 0 Å². The minimum Gasteiger partial charge on any atom is -0.444 e. The lowest BCUT2D eigenvalue weighted by Crippen LogP contribution is -2.40. The fraction of sp³-hybridized carbons (Fsp3) is 0.737. The van der Waals surface area contributed by atoms with Crippen LogP contribution in [0.25, 0.3) is 0 Å². The van der Waals surface area contributed by atoms with Crippen LogP contribution in [0, 0.1) is 5.92 Å². The Morgan fingerprint density at radius 2 is 1.65 bits per heavy atom. The van der Waals surface area contributed by atoms with E-state index in [4.69, 9.17) is 4.74 Å². The Kier molecular flexibility index (Phi) is 9.76. The molecular weight excluding hydrogens is 334 g/mol. The summed E-state index contributed by atoms with van der Waals surface area (Å²) >= 11 is 0. The van der Waals surface area contributed by atoms with Crippen molar-refractivity contribution in [2.45, 2.75) is 64.9 Å². The standard InChI is InChI=1S/C19H33N3O4/c1-19(2,3)26-18(25)22-14-17(24)21-13-7-12-20-16(23)11-10-15-8-5-4-6-9-15/h10-11,15H,4-9,12-14H2,1-3H3,(H,20,23)(H,21,24)(H,22,25)/b11-10+. The van der Waals surface area contributed by atoms with Crippen LogP contribution in [0.15, 0.2) is 12.2 Å². The number of ether oxygens (including phenoxy) is 1. The molecule has 0 aromatic rings. The van der Waals surface area contributed by atoms with Crippen LogP contribution in [-0.4, -0.2) is 43.1 Å². The minimum atomic E-state index is -0.621. The van der Waals surface area contributed by atoms with Crippen molar-refractivity contribution in [3.8, 4) is 0 Å². The first-order chi connectivity index (χ1) is 12.3. The highest BCUT2D eigenvalue weighted by Crippen LogP contribution is 2.24. The molecule has 0 bridgehead atoms. The van der Waals surface area contributed by atoms with E-state index in [0.717, 1.165) is 0 Å². The SMILES string of the molecule is CC(C)(C)OC(=O)NCC(=O)NCCCNC(=O)/C=C/C1CCCCC1. The van der Waals surface area contributed by atoms with E-state index in [0.29, 0.717) is 25.4 Å². The van der Waals surface area contributed by atoms with E-state index < -0.39 is 11.7 Å². The zero-order chi connectivity index (χ0) is 19.4. The van der Waals surface area contributed by atoms with E-state index in [-0.39, 0.29) is 18.4 Å². The van der Waals surface area contributed by atoms with Gasteiger partial charge >= 0.3 is 6.09 Å². The molecule has 7 heteroatoms. The molecule has 0 aromatic carbocycles. The van der Waals surface area contributed by atoms with Gasteiger partial charge in [-0.25, -0.2) is 4.79 Å². The first-order valence-electron chi connectivity index (χ1n) is 9.46. The Morgan fingerprint density at radius 1 is 1.00 bits per heavy atom. The lowest BCUT2D eigenvalue weighted by molar-refractivity contribution is -0.120. The summed E-state index contributed by atoms with van der Waals surface area (Å²) in [6, 6.07) is 0. The first kappa shape index (κ1) is 22.0. The third-order valence-electron chi connectivity index (χ3n) is 3.94. The van der Waals surface area contributed by atoms with Gasteiger partial charge in [0.1, 0.15) is 5.60 Å². The first-order valence-corrected chi connectivity index (χ1v) is 9.46. The van der Waals surface area contributed by atoms with Gasteiger partial charge in [0.2, 0.25) is 11.8 Å². The summed E-state index contributed by atoms with van der Waals surface area (Å²) in [5.74, 6) is 0.152. The average Bonchev–Trinajstić information content (AvgIpc) is 2.57. The van der Waals surface area contributed by atoms with Crippen LogP contribution >= 0.6 is 0 Å². The second-order valence-corrected chi connectivity index (χ2v) is 7.61. The van der Waals surface area contributed by atoms with Crippen LogP contribution in [0.1, 0.15) is 59.3 Å². The number of nitrogens with one attached hydrogen (secondary N) is 3. The van der Waals surface area contributed by atoms with Crippen LogP contribution in [0.2, 0.25) is 0 Å². The largest absolute Gasteiger partial charge is 0.444 e. The maximum atomic E-state index is 11.7. The molecular formula is C19H33N3O4. The number of allylic oxidation sites excluding steroid dienone is 1. The molecule has 148 valence electrons. The lowest BCUT2D eigenvalue weighted by atomic mass is 9.89. The Hall–Kier alpha value is -2.05. The number of amides is 3. The van der Waals surface area contributed by atoms with Gasteiger partial charge in [-0.05, 0) is 52.0 Å². The summed E-state index contributed by atoms with van der Waals surface area (Å²) in [5, 5.41) is 7.88. The molecule has 3 N–H and O–H groups in total. The van der Waals surface area contributed by atoms with Crippen LogP contribution in [-0.2, 0) is 14.3 Å². The summed E-state index contributed by atoms with van der Waals surface area (Å²) < 4.78 is 5.04. The summed E-state index contributed by atoms with van der Waals surface area (Å²) in [6.07, 6.45) is 9.79. The maximum Gasteiger partial charge on any atom is 0.408 e. The van der Waals surface area contributed by atoms with E-state index in [1.807, 2.05) is 6.08 Å². The fourth-order valence-electron chi connectivity index (χ4n) is 2.67. The van der Waals surface area contributed by atoms with Crippen molar-refractivity contribution < 1.29 is 19.1 Å². The number of carbonyl (C=O) groups is 3. The van der Waals surface area contributed by atoms with Crippen LogP contribution in [0.4, 0.5) is 4.79 Å². The van der Waals surface area contributed by atoms with Crippen LogP contribution in [0.5, 0.6) is 0 Å². The molecule has 7 nitrogen and oxygen atoms in total. The number of hydrogen-bond donors (Lipinski definition) is 3. The third kappa shape index (κ3) is 11.5. The highest BCUT2D eigenvalue weighted by Gasteiger charge is 2.16. The van der Waals surface area contributed by atoms with E-state index >= 15 is 0 Å². The molecule has 1 saturated carbocycles. The highest BCUT2D eigenvalue weighted by molar-refractivity contribution is 5.87. The summed E-state index contributed by atoms with van der Waals surface area (Å²) in [4.78, 5) is 34.8. The normalized spacial score (nSPS) is 15.5. The van der Waals surface area contributed by atoms with E-state index in [9.17, 15) is 14.4 Å². The second-order valence-electron chi connectivity index (χ2n) is 7.61. The quantitative estimate of drug-likeness (QED) is 0.453. The number of hydrogen-bond acceptors (Lipinski definition) is 4. The fourth-order valence-corrected chi connectivity index (χ4v) is 2.67. The lowest BCUT2D eigenvalue weighted by Gasteiger charge is -2.19. The molecule has 0 heterocycles. The van der Waals surface area contributed by atoms with Crippen LogP contribution < -0.4 is 16.0 Å². The second kappa shape index (κ2) is 11.5. The van der Waals surface area contributed by atoms with Crippen molar-refractivity contribution in [1.82, 2.24) is 16.0 Å². The third-order valence-corrected chi connectivity index (χ3v) is 3.94. The van der Waals surface area contributed by atoms with Crippen LogP contribution in [0.3, 0.4) is 0 Å². The van der Waals surface area contributed by atoms with Gasteiger partial charge in [-0.2, -0.15) is 0 Å². The van der Waals surface area contributed by atoms with Crippen molar-refractivity contribution in [2.75, 3.05) is 19.6 Å². The van der Waals surface area contributed by atoms with Gasteiger partial charge < -0.3 is 20.7 Å². The minimum absolute atomic E-state index is 0.0894. The predicted octanol–water partition coefficient (Wildman–Crippen LogP) is 2.27. The molecule has 1 aliphatic carbocycles.